The molecule has 0 aliphatic carbocycles. The Morgan fingerprint density at radius 2 is 1.56 bits per heavy atom. The van der Waals surface area contributed by atoms with Gasteiger partial charge >= 0.3 is 5.97 Å². The van der Waals surface area contributed by atoms with Crippen molar-refractivity contribution in [1.82, 2.24) is 5.32 Å². The number of nitrogens with one attached hydrogen (secondary N) is 2. The fourth-order valence-electron chi connectivity index (χ4n) is 2.95. The van der Waals surface area contributed by atoms with E-state index in [0.717, 1.165) is 11.1 Å². The van der Waals surface area contributed by atoms with E-state index >= 15 is 0 Å². The molecule has 32 heavy (non-hydrogen) atoms. The van der Waals surface area contributed by atoms with Crippen molar-refractivity contribution in [1.29, 1.82) is 0 Å². The van der Waals surface area contributed by atoms with E-state index in [9.17, 15) is 14.4 Å². The van der Waals surface area contributed by atoms with Gasteiger partial charge in [-0.3, -0.25) is 14.4 Å². The van der Waals surface area contributed by atoms with E-state index < -0.39 is 30.4 Å². The van der Waals surface area contributed by atoms with Gasteiger partial charge in [0.05, 0.1) is 21.3 Å². The lowest BCUT2D eigenvalue weighted by molar-refractivity contribution is -0.152. The van der Waals surface area contributed by atoms with Gasteiger partial charge in [-0.2, -0.15) is 0 Å². The Kier molecular flexibility index (Phi) is 8.46. The van der Waals surface area contributed by atoms with Crippen LogP contribution in [0, 0.1) is 13.8 Å². The number of rotatable bonds is 9. The number of ether oxygens (including phenoxy) is 4. The number of aryl methyl sites for hydroxylation is 2. The zero-order chi connectivity index (χ0) is 23.8. The van der Waals surface area contributed by atoms with Crippen molar-refractivity contribution < 1.29 is 33.3 Å². The molecule has 1 atom stereocenters. The molecule has 0 saturated heterocycles. The molecule has 0 spiro atoms. The first-order valence-corrected chi connectivity index (χ1v) is 9.86. The number of methoxy groups -OCH3 is 3. The maximum atomic E-state index is 12.5. The number of esters is 1. The SMILES string of the molecule is COc1cc(C(=O)NCC(=O)OC(C)C(=O)Nc2ccc(C)cc2C)cc(OC)c1OC. The normalized spacial score (nSPS) is 11.2. The molecular formula is C23H28N2O7. The standard InChI is InChI=1S/C23H28N2O7/c1-13-7-8-17(14(2)9-13)25-22(27)15(3)32-20(26)12-24-23(28)16-10-18(29-4)21(31-6)19(11-16)30-5/h7-11,15H,12H2,1-6H3,(H,24,28)(H,25,27). The molecule has 0 fully saturated rings. The van der Waals surface area contributed by atoms with Gasteiger partial charge in [0.15, 0.2) is 17.6 Å². The number of benzene rings is 2. The molecule has 0 aromatic heterocycles. The predicted molar refractivity (Wildman–Crippen MR) is 119 cm³/mol. The van der Waals surface area contributed by atoms with Gasteiger partial charge in [-0.1, -0.05) is 17.7 Å². The lowest BCUT2D eigenvalue weighted by atomic mass is 10.1. The summed E-state index contributed by atoms with van der Waals surface area (Å²) in [5, 5.41) is 5.18. The van der Waals surface area contributed by atoms with Crippen molar-refractivity contribution in [2.45, 2.75) is 26.9 Å². The third-order valence-corrected chi connectivity index (χ3v) is 4.64. The Morgan fingerprint density at radius 1 is 0.938 bits per heavy atom. The lowest BCUT2D eigenvalue weighted by Gasteiger charge is -2.16. The molecule has 2 rings (SSSR count). The van der Waals surface area contributed by atoms with E-state index in [4.69, 9.17) is 18.9 Å². The smallest absolute Gasteiger partial charge is 0.326 e. The summed E-state index contributed by atoms with van der Waals surface area (Å²) in [6.45, 7) is 4.86. The van der Waals surface area contributed by atoms with Gasteiger partial charge in [0.1, 0.15) is 6.54 Å². The maximum Gasteiger partial charge on any atom is 0.326 e. The third kappa shape index (κ3) is 6.13. The van der Waals surface area contributed by atoms with Gasteiger partial charge in [-0.25, -0.2) is 0 Å². The van der Waals surface area contributed by atoms with Crippen molar-refractivity contribution in [2.24, 2.45) is 0 Å². The second-order valence-electron chi connectivity index (χ2n) is 7.04. The Hall–Kier alpha value is -3.75. The Morgan fingerprint density at radius 3 is 2.09 bits per heavy atom. The average molecular weight is 444 g/mol. The summed E-state index contributed by atoms with van der Waals surface area (Å²) in [6.07, 6.45) is -1.04. The summed E-state index contributed by atoms with van der Waals surface area (Å²) in [5.74, 6) is -0.828. The minimum Gasteiger partial charge on any atom is -0.493 e. The largest absolute Gasteiger partial charge is 0.493 e. The zero-order valence-electron chi connectivity index (χ0n) is 19.0. The highest BCUT2D eigenvalue weighted by molar-refractivity contribution is 5.98. The van der Waals surface area contributed by atoms with Crippen molar-refractivity contribution in [3.8, 4) is 17.2 Å². The topological polar surface area (TPSA) is 112 Å². The molecule has 0 aliphatic heterocycles. The second-order valence-corrected chi connectivity index (χ2v) is 7.04. The van der Waals surface area contributed by atoms with Crippen LogP contribution >= 0.6 is 0 Å². The van der Waals surface area contributed by atoms with Crippen molar-refractivity contribution in [3.05, 3.63) is 47.0 Å². The molecule has 9 nitrogen and oxygen atoms in total. The minimum atomic E-state index is -1.04. The van der Waals surface area contributed by atoms with Crippen LogP contribution < -0.4 is 24.8 Å². The van der Waals surface area contributed by atoms with E-state index in [-0.39, 0.29) is 5.56 Å². The Labute approximate surface area is 187 Å². The first-order chi connectivity index (χ1) is 15.2. The number of carbonyl (C=O) groups excluding carboxylic acids is 3. The molecule has 0 bridgehead atoms. The van der Waals surface area contributed by atoms with Gasteiger partial charge < -0.3 is 29.6 Å². The van der Waals surface area contributed by atoms with E-state index in [1.54, 1.807) is 6.07 Å². The highest BCUT2D eigenvalue weighted by Crippen LogP contribution is 2.38. The number of carbonyl (C=O) groups is 3. The average Bonchev–Trinajstić information content (AvgIpc) is 2.77. The summed E-state index contributed by atoms with van der Waals surface area (Å²) < 4.78 is 20.8. The summed E-state index contributed by atoms with van der Waals surface area (Å²) >= 11 is 0. The quantitative estimate of drug-likeness (QED) is 0.572. The summed E-state index contributed by atoms with van der Waals surface area (Å²) in [5.41, 5.74) is 2.81. The number of amides is 2. The van der Waals surface area contributed by atoms with Crippen molar-refractivity contribution in [3.63, 3.8) is 0 Å². The van der Waals surface area contributed by atoms with Crippen LogP contribution in [0.5, 0.6) is 17.2 Å². The molecule has 0 heterocycles. The van der Waals surface area contributed by atoms with Crippen LogP contribution in [-0.4, -0.2) is 51.8 Å². The van der Waals surface area contributed by atoms with Gasteiger partial charge in [-0.05, 0) is 44.5 Å². The molecule has 2 amide bonds. The molecule has 2 N–H and O–H groups in total. The van der Waals surface area contributed by atoms with E-state index in [1.165, 1.54) is 40.4 Å². The van der Waals surface area contributed by atoms with E-state index in [2.05, 4.69) is 10.6 Å². The van der Waals surface area contributed by atoms with Crippen molar-refractivity contribution >= 4 is 23.5 Å². The molecule has 0 saturated carbocycles. The lowest BCUT2D eigenvalue weighted by Crippen LogP contribution is -2.36. The summed E-state index contributed by atoms with van der Waals surface area (Å²) in [4.78, 5) is 36.9. The number of anilines is 1. The van der Waals surface area contributed by atoms with Crippen LogP contribution in [0.1, 0.15) is 28.4 Å². The number of hydrogen-bond donors (Lipinski definition) is 2. The highest BCUT2D eigenvalue weighted by atomic mass is 16.5. The molecule has 2 aromatic rings. The van der Waals surface area contributed by atoms with Crippen LogP contribution in [0.3, 0.4) is 0 Å². The highest BCUT2D eigenvalue weighted by Gasteiger charge is 2.21. The third-order valence-electron chi connectivity index (χ3n) is 4.64. The molecule has 0 radical (unpaired) electrons. The molecule has 172 valence electrons. The van der Waals surface area contributed by atoms with Crippen molar-refractivity contribution in [2.75, 3.05) is 33.2 Å². The molecule has 9 heteroatoms. The molecule has 1 unspecified atom stereocenters. The fourth-order valence-corrected chi connectivity index (χ4v) is 2.95. The Bertz CT molecular complexity index is 979. The minimum absolute atomic E-state index is 0.202. The maximum absolute atomic E-state index is 12.5. The Balaban J connectivity index is 1.94. The van der Waals surface area contributed by atoms with Crippen LogP contribution in [-0.2, 0) is 14.3 Å². The van der Waals surface area contributed by atoms with Crippen LogP contribution in [0.2, 0.25) is 0 Å². The zero-order valence-corrected chi connectivity index (χ0v) is 19.0. The number of hydrogen-bond acceptors (Lipinski definition) is 7. The first kappa shape index (κ1) is 24.5. The second kappa shape index (κ2) is 11.0. The first-order valence-electron chi connectivity index (χ1n) is 9.86. The van der Waals surface area contributed by atoms with Gasteiger partial charge in [-0.15, -0.1) is 0 Å². The van der Waals surface area contributed by atoms with E-state index in [1.807, 2.05) is 26.0 Å². The van der Waals surface area contributed by atoms with Crippen LogP contribution in [0.25, 0.3) is 0 Å². The van der Waals surface area contributed by atoms with Gasteiger partial charge in [0.25, 0.3) is 11.8 Å². The van der Waals surface area contributed by atoms with Crippen LogP contribution in [0.4, 0.5) is 5.69 Å². The predicted octanol–water partition coefficient (Wildman–Crippen LogP) is 2.63. The van der Waals surface area contributed by atoms with Gasteiger partial charge in [0, 0.05) is 11.3 Å². The van der Waals surface area contributed by atoms with Gasteiger partial charge in [0.2, 0.25) is 5.75 Å². The summed E-state index contributed by atoms with van der Waals surface area (Å²) in [6, 6.07) is 8.52. The molecular weight excluding hydrogens is 416 g/mol. The summed E-state index contributed by atoms with van der Waals surface area (Å²) in [7, 11) is 4.31. The molecule has 2 aromatic carbocycles. The van der Waals surface area contributed by atoms with E-state index in [0.29, 0.717) is 22.9 Å². The molecule has 0 aliphatic rings. The fraction of sp³-hybridized carbons (Fsp3) is 0.348. The monoisotopic (exact) mass is 444 g/mol. The van der Waals surface area contributed by atoms with Crippen LogP contribution in [0.15, 0.2) is 30.3 Å².